The maximum Gasteiger partial charge on any atom is 0.419 e. The van der Waals surface area contributed by atoms with Gasteiger partial charge in [0, 0.05) is 36.6 Å². The van der Waals surface area contributed by atoms with Crippen molar-refractivity contribution in [3.63, 3.8) is 0 Å². The van der Waals surface area contributed by atoms with Crippen LogP contribution in [-0.2, 0) is 15.9 Å². The summed E-state index contributed by atoms with van der Waals surface area (Å²) in [6.07, 6.45) is -0.570. The minimum absolute atomic E-state index is 0.0470. The van der Waals surface area contributed by atoms with Crippen molar-refractivity contribution in [3.8, 4) is 5.75 Å². The maximum atomic E-state index is 13.3. The smallest absolute Gasteiger partial charge is 0.419 e. The molecule has 1 unspecified atom stereocenters. The van der Waals surface area contributed by atoms with Crippen LogP contribution in [0.15, 0.2) is 70.5 Å². The molecule has 3 aromatic carbocycles. The third-order valence-electron chi connectivity index (χ3n) is 5.20. The topological polar surface area (TPSA) is 132 Å². The van der Waals surface area contributed by atoms with Crippen molar-refractivity contribution in [3.05, 3.63) is 66.2 Å². The van der Waals surface area contributed by atoms with Crippen LogP contribution in [0.2, 0.25) is 0 Å². The summed E-state index contributed by atoms with van der Waals surface area (Å²) in [5.74, 6) is 5.87. The highest BCUT2D eigenvalue weighted by atomic mass is 32.2. The van der Waals surface area contributed by atoms with E-state index in [1.165, 1.54) is 22.0 Å². The van der Waals surface area contributed by atoms with E-state index >= 15 is 0 Å². The van der Waals surface area contributed by atoms with E-state index in [0.717, 1.165) is 21.2 Å². The number of nitrogens with zero attached hydrogens (tertiary/aromatic N) is 3. The zero-order valence-corrected chi connectivity index (χ0v) is 21.0. The number of amides is 1. The van der Waals surface area contributed by atoms with Crippen LogP contribution in [0.4, 0.5) is 27.5 Å². The predicted molar refractivity (Wildman–Crippen MR) is 133 cm³/mol. The Hall–Kier alpha value is -3.21. The van der Waals surface area contributed by atoms with Crippen molar-refractivity contribution in [1.29, 1.82) is 0 Å². The monoisotopic (exact) mass is 515 g/mol. The van der Waals surface area contributed by atoms with Crippen molar-refractivity contribution >= 4 is 48.4 Å². The molecule has 0 radical (unpaired) electrons. The lowest BCUT2D eigenvalue weighted by Crippen LogP contribution is -2.30. The highest BCUT2D eigenvalue weighted by Crippen LogP contribution is 2.50. The second-order valence-electron chi connectivity index (χ2n) is 8.01. The van der Waals surface area contributed by atoms with Crippen LogP contribution in [-0.4, -0.2) is 32.1 Å². The van der Waals surface area contributed by atoms with Crippen molar-refractivity contribution in [2.45, 2.75) is 16.4 Å². The van der Waals surface area contributed by atoms with Gasteiger partial charge in [-0.15, -0.1) is 0 Å². The van der Waals surface area contributed by atoms with E-state index in [2.05, 4.69) is 4.52 Å². The van der Waals surface area contributed by atoms with Gasteiger partial charge in [-0.3, -0.25) is 4.57 Å². The van der Waals surface area contributed by atoms with Crippen LogP contribution < -0.4 is 30.1 Å². The van der Waals surface area contributed by atoms with Crippen LogP contribution in [0, 0.1) is 0 Å². The summed E-state index contributed by atoms with van der Waals surface area (Å²) < 4.78 is 20.9. The first-order valence-corrected chi connectivity index (χ1v) is 12.7. The summed E-state index contributed by atoms with van der Waals surface area (Å²) in [7, 11) is 0.746. The van der Waals surface area contributed by atoms with Gasteiger partial charge in [0.2, 0.25) is 0 Å². The molecule has 1 heterocycles. The molecule has 10 nitrogen and oxygen atoms in total. The van der Waals surface area contributed by atoms with Gasteiger partial charge in [0.25, 0.3) is 0 Å². The molecule has 184 valence electrons. The van der Waals surface area contributed by atoms with E-state index in [0.29, 0.717) is 16.9 Å². The molecule has 3 N–H and O–H groups in total. The number of benzene rings is 3. The first-order valence-electron chi connectivity index (χ1n) is 10.4. The summed E-state index contributed by atoms with van der Waals surface area (Å²) in [6.45, 7) is -0.0546. The van der Waals surface area contributed by atoms with Gasteiger partial charge in [0.1, 0.15) is 12.4 Å². The summed E-state index contributed by atoms with van der Waals surface area (Å²) in [5.41, 5.74) is 3.77. The average molecular weight is 516 g/mol. The van der Waals surface area contributed by atoms with E-state index in [9.17, 15) is 14.3 Å². The summed E-state index contributed by atoms with van der Waals surface area (Å²) in [6, 6.07) is 17.2. The van der Waals surface area contributed by atoms with Gasteiger partial charge in [-0.25, -0.2) is 15.5 Å². The van der Waals surface area contributed by atoms with Gasteiger partial charge in [0.05, 0.1) is 17.1 Å². The van der Waals surface area contributed by atoms with Gasteiger partial charge in [-0.2, -0.15) is 0 Å². The van der Waals surface area contributed by atoms with Crippen LogP contribution in [0.25, 0.3) is 0 Å². The largest absolute Gasteiger partial charge is 0.746 e. The Balaban J connectivity index is 1.60. The summed E-state index contributed by atoms with van der Waals surface area (Å²) in [5, 5.41) is 1.51. The Labute approximate surface area is 207 Å². The Morgan fingerprint density at radius 2 is 1.60 bits per heavy atom. The minimum atomic E-state index is -4.89. The Morgan fingerprint density at radius 3 is 2.14 bits per heavy atom. The Kier molecular flexibility index (Phi) is 6.98. The summed E-state index contributed by atoms with van der Waals surface area (Å²) in [4.78, 5) is 38.2. The second kappa shape index (κ2) is 9.80. The zero-order chi connectivity index (χ0) is 25.3. The predicted octanol–water partition coefficient (Wildman–Crippen LogP) is 3.84. The van der Waals surface area contributed by atoms with Gasteiger partial charge in [-0.1, -0.05) is 23.9 Å². The van der Waals surface area contributed by atoms with Crippen LogP contribution in [0.3, 0.4) is 0 Å². The molecule has 12 heteroatoms. The van der Waals surface area contributed by atoms with Crippen molar-refractivity contribution in [1.82, 2.24) is 0 Å². The molecule has 35 heavy (non-hydrogen) atoms. The van der Waals surface area contributed by atoms with Crippen molar-refractivity contribution in [2.75, 3.05) is 36.0 Å². The third kappa shape index (κ3) is 5.72. The number of nitrogens with two attached hydrogens (primary N) is 1. The van der Waals surface area contributed by atoms with Crippen LogP contribution in [0.1, 0.15) is 5.56 Å². The number of anilines is 4. The molecule has 3 aromatic rings. The molecule has 0 spiro atoms. The van der Waals surface area contributed by atoms with E-state index < -0.39 is 13.9 Å². The number of hydrazine groups is 1. The van der Waals surface area contributed by atoms with Crippen LogP contribution >= 0.6 is 19.6 Å². The zero-order valence-electron chi connectivity index (χ0n) is 19.2. The molecule has 0 fully saturated rings. The SMILES string of the molecule is CN(C)c1ccc2c(c1)Sc1cc(N(C)N)ccc1N2C(=O)OCc1ccc(OP(=O)([O-])O)cc1. The molecule has 1 aliphatic heterocycles. The van der Waals surface area contributed by atoms with Gasteiger partial charge < -0.3 is 29.0 Å². The number of carbonyl (C=O) groups is 1. The van der Waals surface area contributed by atoms with E-state index in [4.69, 9.17) is 15.5 Å². The number of ether oxygens (including phenoxy) is 1. The maximum absolute atomic E-state index is 13.3. The fraction of sp³-hybridized carbons (Fsp3) is 0.174. The quantitative estimate of drug-likeness (QED) is 0.283. The normalized spacial score (nSPS) is 13.8. The molecule has 0 aliphatic carbocycles. The average Bonchev–Trinajstić information content (AvgIpc) is 2.80. The number of carbonyl (C=O) groups excluding carboxylic acids is 1. The molecule has 4 rings (SSSR count). The highest BCUT2D eigenvalue weighted by Gasteiger charge is 2.30. The number of fused-ring (bicyclic) bond motifs is 2. The standard InChI is InChI=1S/C23H25N4O6PS/c1-25(2)16-6-10-19-21(12-16)35-22-13-17(26(3)24)7-11-20(22)27(19)23(28)32-14-15-4-8-18(9-5-15)33-34(29,30)31/h4-13H,14,24H2,1-3H3,(H2,29,30,31)/p-1. The summed E-state index contributed by atoms with van der Waals surface area (Å²) >= 11 is 1.55. The number of rotatable bonds is 6. The van der Waals surface area contributed by atoms with Crippen molar-refractivity contribution in [2.24, 2.45) is 5.84 Å². The lowest BCUT2D eigenvalue weighted by atomic mass is 10.2. The van der Waals surface area contributed by atoms with Gasteiger partial charge in [0.15, 0.2) is 0 Å². The third-order valence-corrected chi connectivity index (χ3v) is 6.74. The minimum Gasteiger partial charge on any atom is -0.746 e. The molecule has 0 bridgehead atoms. The van der Waals surface area contributed by atoms with Crippen molar-refractivity contribution < 1.29 is 28.4 Å². The fourth-order valence-corrected chi connectivity index (χ4v) is 4.98. The first-order chi connectivity index (χ1) is 16.5. The molecule has 0 aromatic heterocycles. The second-order valence-corrected chi connectivity index (χ2v) is 10.2. The van der Waals surface area contributed by atoms with E-state index in [1.54, 1.807) is 30.9 Å². The highest BCUT2D eigenvalue weighted by molar-refractivity contribution is 7.99. The van der Waals surface area contributed by atoms with Gasteiger partial charge in [-0.05, 0) is 54.1 Å². The molecule has 0 saturated heterocycles. The molecule has 1 atom stereocenters. The number of hydrogen-bond donors (Lipinski definition) is 2. The van der Waals surface area contributed by atoms with E-state index in [-0.39, 0.29) is 12.4 Å². The fourth-order valence-electron chi connectivity index (χ4n) is 3.47. The lowest BCUT2D eigenvalue weighted by molar-refractivity contribution is -0.211. The van der Waals surface area contributed by atoms with Gasteiger partial charge >= 0.3 is 13.9 Å². The number of hydrogen-bond acceptors (Lipinski definition) is 9. The molecular weight excluding hydrogens is 491 g/mol. The van der Waals surface area contributed by atoms with E-state index in [1.807, 2.05) is 55.4 Å². The first kappa shape index (κ1) is 24.9. The molecule has 1 amide bonds. The molecule has 0 saturated carbocycles. The lowest BCUT2D eigenvalue weighted by Gasteiger charge is -2.32. The Bertz CT molecular complexity index is 1240. The number of phosphoric ester groups is 1. The molecule has 1 aliphatic rings. The number of phosphoric acid groups is 1. The Morgan fingerprint density at radius 1 is 1.03 bits per heavy atom. The molecular formula is C23H24N4O6PS-. The van der Waals surface area contributed by atoms with Crippen LogP contribution in [0.5, 0.6) is 5.75 Å².